The summed E-state index contributed by atoms with van der Waals surface area (Å²) in [4.78, 5) is 13.4. The molecule has 1 rings (SSSR count). The van der Waals surface area contributed by atoms with Crippen LogP contribution in [0.15, 0.2) is 30.5 Å². The highest BCUT2D eigenvalue weighted by Gasteiger charge is 2.34. The molecule has 0 atom stereocenters. The predicted octanol–water partition coefficient (Wildman–Crippen LogP) is 2.28. The van der Waals surface area contributed by atoms with E-state index in [2.05, 4.69) is 4.98 Å². The van der Waals surface area contributed by atoms with Crippen LogP contribution >= 0.6 is 0 Å². The summed E-state index contributed by atoms with van der Waals surface area (Å²) >= 11 is 0. The second kappa shape index (κ2) is 4.78. The van der Waals surface area contributed by atoms with E-state index in [0.717, 1.165) is 18.3 Å². The topological polar surface area (TPSA) is 50.2 Å². The molecule has 6 heteroatoms. The zero-order chi connectivity index (χ0) is 12.2. The lowest BCUT2D eigenvalue weighted by Crippen LogP contribution is -2.11. The quantitative estimate of drug-likeness (QED) is 0.812. The van der Waals surface area contributed by atoms with Crippen molar-refractivity contribution < 1.29 is 23.1 Å². The van der Waals surface area contributed by atoms with Crippen LogP contribution in [0.2, 0.25) is 0 Å². The number of aromatic nitrogens is 1. The number of carboxylic acid groups (broad SMARTS) is 1. The van der Waals surface area contributed by atoms with Gasteiger partial charge in [-0.1, -0.05) is 12.1 Å². The number of aliphatic carboxylic acids is 1. The second-order valence-electron chi connectivity index (χ2n) is 2.95. The van der Waals surface area contributed by atoms with Gasteiger partial charge in [0.25, 0.3) is 0 Å². The third-order valence-electron chi connectivity index (χ3n) is 1.76. The summed E-state index contributed by atoms with van der Waals surface area (Å²) in [5, 5.41) is 8.30. The first-order valence-electron chi connectivity index (χ1n) is 4.32. The number of carbonyl (C=O) groups is 1. The number of rotatable bonds is 3. The van der Waals surface area contributed by atoms with Gasteiger partial charge in [-0.2, -0.15) is 13.2 Å². The zero-order valence-corrected chi connectivity index (χ0v) is 8.03. The molecule has 0 aliphatic heterocycles. The van der Waals surface area contributed by atoms with Crippen molar-refractivity contribution in [2.45, 2.75) is 12.6 Å². The van der Waals surface area contributed by atoms with Crippen LogP contribution in [0.1, 0.15) is 11.3 Å². The summed E-state index contributed by atoms with van der Waals surface area (Å²) in [6.07, 6.45) is -1.64. The van der Waals surface area contributed by atoms with E-state index < -0.39 is 17.8 Å². The lowest BCUT2D eigenvalue weighted by atomic mass is 10.1. The van der Waals surface area contributed by atoms with Gasteiger partial charge in [-0.3, -0.25) is 4.98 Å². The predicted molar refractivity (Wildman–Crippen MR) is 49.7 cm³/mol. The molecule has 0 aliphatic carbocycles. The molecule has 0 radical (unpaired) electrons. The lowest BCUT2D eigenvalue weighted by Gasteiger charge is -2.09. The van der Waals surface area contributed by atoms with Crippen LogP contribution in [0.3, 0.4) is 0 Å². The molecule has 3 nitrogen and oxygen atoms in total. The van der Waals surface area contributed by atoms with Crippen molar-refractivity contribution in [3.63, 3.8) is 0 Å². The van der Waals surface area contributed by atoms with E-state index in [1.165, 1.54) is 12.1 Å². The van der Waals surface area contributed by atoms with E-state index in [1.54, 1.807) is 0 Å². The highest BCUT2D eigenvalue weighted by atomic mass is 19.4. The first-order chi connectivity index (χ1) is 7.41. The monoisotopic (exact) mass is 231 g/mol. The Bertz CT molecular complexity index is 413. The summed E-state index contributed by atoms with van der Waals surface area (Å²) in [5.74, 6) is -1.20. The summed E-state index contributed by atoms with van der Waals surface area (Å²) in [5.41, 5.74) is -1.03. The summed E-state index contributed by atoms with van der Waals surface area (Å²) in [7, 11) is 0. The number of hydrogen-bond donors (Lipinski definition) is 1. The molecule has 0 bridgehead atoms. The molecule has 0 spiro atoms. The maximum atomic E-state index is 12.4. The molecule has 0 amide bonds. The van der Waals surface area contributed by atoms with E-state index in [-0.39, 0.29) is 12.0 Å². The van der Waals surface area contributed by atoms with Crippen molar-refractivity contribution in [1.29, 1.82) is 0 Å². The fourth-order valence-electron chi connectivity index (χ4n) is 1.15. The molecule has 86 valence electrons. The van der Waals surface area contributed by atoms with E-state index >= 15 is 0 Å². The minimum absolute atomic E-state index is 0.0486. The Labute approximate surface area is 89.2 Å². The van der Waals surface area contributed by atoms with Crippen LogP contribution in [0, 0.1) is 0 Å². The number of carboxylic acids is 1. The van der Waals surface area contributed by atoms with Crippen LogP contribution in [-0.2, 0) is 17.4 Å². The molecule has 0 aromatic carbocycles. The first kappa shape index (κ1) is 12.2. The minimum atomic E-state index is -4.52. The van der Waals surface area contributed by atoms with Crippen molar-refractivity contribution in [1.82, 2.24) is 4.98 Å². The molecular weight excluding hydrogens is 223 g/mol. The number of pyridine rings is 1. The minimum Gasteiger partial charge on any atom is -0.478 e. The zero-order valence-electron chi connectivity index (χ0n) is 8.03. The maximum Gasteiger partial charge on any atom is 0.433 e. The Kier molecular flexibility index (Phi) is 3.65. The van der Waals surface area contributed by atoms with Crippen molar-refractivity contribution in [2.75, 3.05) is 0 Å². The molecule has 1 N–H and O–H groups in total. The van der Waals surface area contributed by atoms with Gasteiger partial charge in [-0.15, -0.1) is 0 Å². The van der Waals surface area contributed by atoms with Crippen LogP contribution in [-0.4, -0.2) is 16.1 Å². The van der Waals surface area contributed by atoms with Gasteiger partial charge in [0.05, 0.1) is 0 Å². The number of allylic oxidation sites excluding steroid dienone is 1. The fraction of sp³-hybridized carbons (Fsp3) is 0.200. The number of alkyl halides is 3. The Hall–Kier alpha value is -1.85. The molecule has 0 aliphatic rings. The Morgan fingerprint density at radius 3 is 2.75 bits per heavy atom. The number of hydrogen-bond acceptors (Lipinski definition) is 2. The van der Waals surface area contributed by atoms with Crippen LogP contribution in [0.25, 0.3) is 0 Å². The normalized spacial score (nSPS) is 11.9. The summed E-state index contributed by atoms with van der Waals surface area (Å²) < 4.78 is 37.3. The van der Waals surface area contributed by atoms with Crippen LogP contribution < -0.4 is 0 Å². The van der Waals surface area contributed by atoms with Crippen molar-refractivity contribution in [2.24, 2.45) is 0 Å². The SMILES string of the molecule is O=C(O)/C=C/Cc1cccnc1C(F)(F)F. The molecule has 1 heterocycles. The first-order valence-corrected chi connectivity index (χ1v) is 4.32. The fourth-order valence-corrected chi connectivity index (χ4v) is 1.15. The van der Waals surface area contributed by atoms with Gasteiger partial charge in [-0.05, 0) is 18.1 Å². The highest BCUT2D eigenvalue weighted by molar-refractivity contribution is 5.79. The van der Waals surface area contributed by atoms with Crippen molar-refractivity contribution in [3.8, 4) is 0 Å². The average molecular weight is 231 g/mol. The average Bonchev–Trinajstić information content (AvgIpc) is 2.16. The molecular formula is C10H8F3NO2. The second-order valence-corrected chi connectivity index (χ2v) is 2.95. The third kappa shape index (κ3) is 3.38. The van der Waals surface area contributed by atoms with Gasteiger partial charge in [0.1, 0.15) is 5.69 Å². The van der Waals surface area contributed by atoms with Crippen LogP contribution in [0.4, 0.5) is 13.2 Å². The number of halogens is 3. The molecule has 16 heavy (non-hydrogen) atoms. The summed E-state index contributed by atoms with van der Waals surface area (Å²) in [6.45, 7) is 0. The summed E-state index contributed by atoms with van der Waals surface area (Å²) in [6, 6.07) is 2.64. The molecule has 0 saturated heterocycles. The van der Waals surface area contributed by atoms with Gasteiger partial charge in [-0.25, -0.2) is 4.79 Å². The van der Waals surface area contributed by atoms with E-state index in [0.29, 0.717) is 0 Å². The van der Waals surface area contributed by atoms with Gasteiger partial charge in [0.15, 0.2) is 0 Å². The Morgan fingerprint density at radius 2 is 2.19 bits per heavy atom. The van der Waals surface area contributed by atoms with Gasteiger partial charge in [0.2, 0.25) is 0 Å². The third-order valence-corrected chi connectivity index (χ3v) is 1.76. The van der Waals surface area contributed by atoms with Crippen molar-refractivity contribution >= 4 is 5.97 Å². The Morgan fingerprint density at radius 1 is 1.50 bits per heavy atom. The van der Waals surface area contributed by atoms with E-state index in [9.17, 15) is 18.0 Å². The smallest absolute Gasteiger partial charge is 0.433 e. The number of nitrogens with zero attached hydrogens (tertiary/aromatic N) is 1. The molecule has 0 saturated carbocycles. The van der Waals surface area contributed by atoms with Gasteiger partial charge < -0.3 is 5.11 Å². The van der Waals surface area contributed by atoms with Gasteiger partial charge >= 0.3 is 12.1 Å². The Balaban J connectivity index is 2.92. The van der Waals surface area contributed by atoms with Gasteiger partial charge in [0, 0.05) is 12.3 Å². The van der Waals surface area contributed by atoms with E-state index in [1.807, 2.05) is 0 Å². The molecule has 1 aromatic rings. The molecule has 1 aromatic heterocycles. The standard InChI is InChI=1S/C10H8F3NO2/c11-10(12,13)9-7(4-2-6-14-9)3-1-5-8(15)16/h1-2,4-6H,3H2,(H,15,16)/b5-1+. The van der Waals surface area contributed by atoms with E-state index in [4.69, 9.17) is 5.11 Å². The highest BCUT2D eigenvalue weighted by Crippen LogP contribution is 2.30. The van der Waals surface area contributed by atoms with Crippen molar-refractivity contribution in [3.05, 3.63) is 41.7 Å². The maximum absolute atomic E-state index is 12.4. The largest absolute Gasteiger partial charge is 0.478 e. The molecule has 0 fully saturated rings. The lowest BCUT2D eigenvalue weighted by molar-refractivity contribution is -0.141. The van der Waals surface area contributed by atoms with Crippen LogP contribution in [0.5, 0.6) is 0 Å². The molecule has 0 unspecified atom stereocenters.